The first-order valence-electron chi connectivity index (χ1n) is 9.38. The molecule has 1 saturated heterocycles. The van der Waals surface area contributed by atoms with Gasteiger partial charge in [-0.05, 0) is 48.4 Å². The van der Waals surface area contributed by atoms with Crippen molar-refractivity contribution in [1.82, 2.24) is 9.80 Å². The Morgan fingerprint density at radius 3 is 2.13 bits per heavy atom. The standard InChI is InChI=1S/C22H20Cl2N2O5/c1-4-30-18-11-14(9-16-20(27)25(2)22(29)26(3)21(16)28)10-17(24)19(18)31-12-13-5-7-15(23)8-6-13/h5-11H,4,12H2,1-3H3. The number of benzene rings is 2. The topological polar surface area (TPSA) is 76.2 Å². The molecule has 0 bridgehead atoms. The van der Waals surface area contributed by atoms with Crippen LogP contribution in [-0.2, 0) is 16.2 Å². The van der Waals surface area contributed by atoms with Crippen LogP contribution in [-0.4, -0.2) is 48.3 Å². The molecule has 2 aromatic rings. The highest BCUT2D eigenvalue weighted by atomic mass is 35.5. The van der Waals surface area contributed by atoms with Crippen molar-refractivity contribution in [2.45, 2.75) is 13.5 Å². The number of carbonyl (C=O) groups is 3. The van der Waals surface area contributed by atoms with Crippen LogP contribution in [0.4, 0.5) is 4.79 Å². The van der Waals surface area contributed by atoms with Crippen molar-refractivity contribution in [3.05, 3.63) is 63.1 Å². The molecule has 4 amide bonds. The van der Waals surface area contributed by atoms with Crippen LogP contribution in [0.3, 0.4) is 0 Å². The summed E-state index contributed by atoms with van der Waals surface area (Å²) in [4.78, 5) is 38.5. The second-order valence-electron chi connectivity index (χ2n) is 6.75. The van der Waals surface area contributed by atoms with E-state index in [0.29, 0.717) is 28.7 Å². The average molecular weight is 463 g/mol. The van der Waals surface area contributed by atoms with Gasteiger partial charge < -0.3 is 9.47 Å². The maximum atomic E-state index is 12.4. The zero-order valence-corrected chi connectivity index (χ0v) is 18.7. The summed E-state index contributed by atoms with van der Waals surface area (Å²) in [5.74, 6) is -0.675. The van der Waals surface area contributed by atoms with Gasteiger partial charge in [0.15, 0.2) is 11.5 Å². The second-order valence-corrected chi connectivity index (χ2v) is 7.59. The molecule has 3 rings (SSSR count). The SMILES string of the molecule is CCOc1cc(C=C2C(=O)N(C)C(=O)N(C)C2=O)cc(Cl)c1OCc1ccc(Cl)cc1. The molecule has 0 radical (unpaired) electrons. The van der Waals surface area contributed by atoms with Gasteiger partial charge in [-0.15, -0.1) is 0 Å². The van der Waals surface area contributed by atoms with Gasteiger partial charge in [0.2, 0.25) is 0 Å². The highest BCUT2D eigenvalue weighted by Crippen LogP contribution is 2.38. The Morgan fingerprint density at radius 1 is 0.935 bits per heavy atom. The molecule has 0 aromatic heterocycles. The molecule has 2 aromatic carbocycles. The molecule has 1 aliphatic heterocycles. The van der Waals surface area contributed by atoms with Crippen LogP contribution in [0.25, 0.3) is 6.08 Å². The highest BCUT2D eigenvalue weighted by Gasteiger charge is 2.37. The first-order chi connectivity index (χ1) is 14.7. The molecule has 1 heterocycles. The third-order valence-electron chi connectivity index (χ3n) is 4.58. The monoisotopic (exact) mass is 462 g/mol. The fourth-order valence-corrected chi connectivity index (χ4v) is 3.35. The second kappa shape index (κ2) is 9.41. The maximum Gasteiger partial charge on any atom is 0.333 e. The molecule has 0 spiro atoms. The van der Waals surface area contributed by atoms with Crippen LogP contribution in [0.5, 0.6) is 11.5 Å². The highest BCUT2D eigenvalue weighted by molar-refractivity contribution is 6.33. The zero-order chi connectivity index (χ0) is 22.7. The fourth-order valence-electron chi connectivity index (χ4n) is 2.95. The Kier molecular flexibility index (Phi) is 6.87. The molecule has 9 heteroatoms. The summed E-state index contributed by atoms with van der Waals surface area (Å²) >= 11 is 12.3. The summed E-state index contributed by atoms with van der Waals surface area (Å²) in [6.45, 7) is 2.41. The zero-order valence-electron chi connectivity index (χ0n) is 17.1. The van der Waals surface area contributed by atoms with E-state index >= 15 is 0 Å². The summed E-state index contributed by atoms with van der Waals surface area (Å²) in [5.41, 5.74) is 1.20. The number of barbiturate groups is 1. The van der Waals surface area contributed by atoms with Gasteiger partial charge >= 0.3 is 6.03 Å². The number of likely N-dealkylation sites (N-methyl/N-ethyl adjacent to an activating group) is 2. The predicted octanol–water partition coefficient (Wildman–Crippen LogP) is 4.40. The van der Waals surface area contributed by atoms with Gasteiger partial charge in [-0.25, -0.2) is 4.79 Å². The summed E-state index contributed by atoms with van der Waals surface area (Å²) in [6, 6.07) is 9.69. The number of nitrogens with zero attached hydrogens (tertiary/aromatic N) is 2. The summed E-state index contributed by atoms with van der Waals surface area (Å²) in [6.07, 6.45) is 1.38. The smallest absolute Gasteiger partial charge is 0.333 e. The number of rotatable bonds is 6. The minimum Gasteiger partial charge on any atom is -0.490 e. The van der Waals surface area contributed by atoms with Gasteiger partial charge in [0, 0.05) is 19.1 Å². The van der Waals surface area contributed by atoms with E-state index in [9.17, 15) is 14.4 Å². The molecular formula is C22H20Cl2N2O5. The van der Waals surface area contributed by atoms with E-state index in [1.807, 2.05) is 19.1 Å². The van der Waals surface area contributed by atoms with Crippen molar-refractivity contribution in [2.24, 2.45) is 0 Å². The van der Waals surface area contributed by atoms with Crippen molar-refractivity contribution in [1.29, 1.82) is 0 Å². The Hall–Kier alpha value is -3.03. The van der Waals surface area contributed by atoms with Crippen molar-refractivity contribution < 1.29 is 23.9 Å². The largest absolute Gasteiger partial charge is 0.490 e. The number of hydrogen-bond acceptors (Lipinski definition) is 5. The number of urea groups is 1. The lowest BCUT2D eigenvalue weighted by Gasteiger charge is -2.28. The molecule has 1 fully saturated rings. The molecule has 0 unspecified atom stereocenters. The number of halogens is 2. The molecule has 31 heavy (non-hydrogen) atoms. The van der Waals surface area contributed by atoms with Crippen LogP contribution < -0.4 is 9.47 Å². The van der Waals surface area contributed by atoms with Gasteiger partial charge in [0.05, 0.1) is 11.6 Å². The summed E-state index contributed by atoms with van der Waals surface area (Å²) in [5, 5.41) is 0.874. The van der Waals surface area contributed by atoms with Gasteiger partial charge in [-0.1, -0.05) is 35.3 Å². The minimum atomic E-state index is -0.690. The quantitative estimate of drug-likeness (QED) is 0.469. The fraction of sp³-hybridized carbons (Fsp3) is 0.227. The van der Waals surface area contributed by atoms with Gasteiger partial charge in [-0.2, -0.15) is 0 Å². The van der Waals surface area contributed by atoms with Crippen LogP contribution >= 0.6 is 23.2 Å². The van der Waals surface area contributed by atoms with E-state index in [4.69, 9.17) is 32.7 Å². The van der Waals surface area contributed by atoms with E-state index in [1.165, 1.54) is 20.2 Å². The van der Waals surface area contributed by atoms with E-state index < -0.39 is 17.8 Å². The van der Waals surface area contributed by atoms with Crippen molar-refractivity contribution >= 4 is 47.1 Å². The Morgan fingerprint density at radius 2 is 1.55 bits per heavy atom. The van der Waals surface area contributed by atoms with Gasteiger partial charge in [0.1, 0.15) is 12.2 Å². The Bertz CT molecular complexity index is 1040. The third kappa shape index (κ3) is 4.84. The molecule has 0 N–H and O–H groups in total. The number of hydrogen-bond donors (Lipinski definition) is 0. The van der Waals surface area contributed by atoms with Crippen LogP contribution in [0.2, 0.25) is 10.0 Å². The van der Waals surface area contributed by atoms with E-state index in [0.717, 1.165) is 15.4 Å². The first kappa shape index (κ1) is 22.7. The van der Waals surface area contributed by atoms with Gasteiger partial charge in [0.25, 0.3) is 11.8 Å². The molecule has 0 atom stereocenters. The van der Waals surface area contributed by atoms with E-state index in [1.54, 1.807) is 24.3 Å². The lowest BCUT2D eigenvalue weighted by molar-refractivity contribution is -0.134. The van der Waals surface area contributed by atoms with Crippen molar-refractivity contribution in [2.75, 3.05) is 20.7 Å². The number of carbonyl (C=O) groups excluding carboxylic acids is 3. The molecule has 0 aliphatic carbocycles. The van der Waals surface area contributed by atoms with Crippen LogP contribution in [0.15, 0.2) is 42.0 Å². The predicted molar refractivity (Wildman–Crippen MR) is 117 cm³/mol. The molecule has 1 aliphatic rings. The number of imide groups is 2. The average Bonchev–Trinajstić information content (AvgIpc) is 2.75. The van der Waals surface area contributed by atoms with E-state index in [-0.39, 0.29) is 17.2 Å². The van der Waals surface area contributed by atoms with Crippen LogP contribution in [0.1, 0.15) is 18.1 Å². The molecular weight excluding hydrogens is 443 g/mol. The number of amides is 4. The maximum absolute atomic E-state index is 12.4. The Labute approximate surface area is 189 Å². The molecule has 7 nitrogen and oxygen atoms in total. The van der Waals surface area contributed by atoms with Crippen molar-refractivity contribution in [3.63, 3.8) is 0 Å². The van der Waals surface area contributed by atoms with Crippen LogP contribution in [0, 0.1) is 0 Å². The number of ether oxygens (including phenoxy) is 2. The summed E-state index contributed by atoms with van der Waals surface area (Å²) in [7, 11) is 2.63. The normalized spacial score (nSPS) is 14.2. The van der Waals surface area contributed by atoms with E-state index in [2.05, 4.69) is 0 Å². The lowest BCUT2D eigenvalue weighted by atomic mass is 10.1. The molecule has 162 valence electrons. The molecule has 0 saturated carbocycles. The lowest BCUT2D eigenvalue weighted by Crippen LogP contribution is -2.52. The van der Waals surface area contributed by atoms with Crippen molar-refractivity contribution in [3.8, 4) is 11.5 Å². The van der Waals surface area contributed by atoms with Gasteiger partial charge in [-0.3, -0.25) is 19.4 Å². The first-order valence-corrected chi connectivity index (χ1v) is 10.1. The summed E-state index contributed by atoms with van der Waals surface area (Å²) < 4.78 is 11.5. The Balaban J connectivity index is 1.93. The minimum absolute atomic E-state index is 0.155. The third-order valence-corrected chi connectivity index (χ3v) is 5.12.